The van der Waals surface area contributed by atoms with Gasteiger partial charge in [0.05, 0.1) is 6.04 Å². The van der Waals surface area contributed by atoms with Crippen molar-refractivity contribution < 1.29 is 4.79 Å². The second-order valence-corrected chi connectivity index (χ2v) is 3.27. The van der Waals surface area contributed by atoms with Crippen LogP contribution in [0.1, 0.15) is 12.8 Å². The highest BCUT2D eigenvalue weighted by molar-refractivity contribution is 7.97. The fourth-order valence-corrected chi connectivity index (χ4v) is 1.82. The molecule has 1 saturated heterocycles. The molecule has 1 unspecified atom stereocenters. The van der Waals surface area contributed by atoms with Crippen molar-refractivity contribution in [1.82, 2.24) is 4.72 Å². The summed E-state index contributed by atoms with van der Waals surface area (Å²) in [5.74, 6) is 1.08. The minimum atomic E-state index is -0.262. The van der Waals surface area contributed by atoms with Gasteiger partial charge in [-0.3, -0.25) is 9.52 Å². The van der Waals surface area contributed by atoms with Gasteiger partial charge in [-0.05, 0) is 24.4 Å². The Bertz CT molecular complexity index is 114. The highest BCUT2D eigenvalue weighted by atomic mass is 35.5. The van der Waals surface area contributed by atoms with Crippen molar-refractivity contribution in [1.29, 1.82) is 0 Å². The zero-order chi connectivity index (χ0) is 6.69. The van der Waals surface area contributed by atoms with Crippen LogP contribution in [0.15, 0.2) is 0 Å². The molecule has 0 spiro atoms. The van der Waals surface area contributed by atoms with E-state index in [0.717, 1.165) is 18.6 Å². The van der Waals surface area contributed by atoms with Crippen LogP contribution in [0.4, 0.5) is 0 Å². The zero-order valence-corrected chi connectivity index (χ0v) is 6.47. The van der Waals surface area contributed by atoms with E-state index in [4.69, 9.17) is 11.6 Å². The molecular formula is C5H8ClNOS. The van der Waals surface area contributed by atoms with Crippen molar-refractivity contribution >= 4 is 28.8 Å². The van der Waals surface area contributed by atoms with Gasteiger partial charge in [0.25, 0.3) is 0 Å². The topological polar surface area (TPSA) is 29.1 Å². The summed E-state index contributed by atoms with van der Waals surface area (Å²) in [7, 11) is 0. The average Bonchev–Trinajstić information content (AvgIpc) is 1.90. The monoisotopic (exact) mass is 165 g/mol. The van der Waals surface area contributed by atoms with Crippen molar-refractivity contribution in [2.75, 3.05) is 5.75 Å². The van der Waals surface area contributed by atoms with Crippen molar-refractivity contribution in [2.45, 2.75) is 18.9 Å². The van der Waals surface area contributed by atoms with Crippen LogP contribution >= 0.6 is 23.5 Å². The van der Waals surface area contributed by atoms with Crippen molar-refractivity contribution in [3.63, 3.8) is 0 Å². The fraction of sp³-hybridized carbons (Fsp3) is 0.800. The first-order valence-electron chi connectivity index (χ1n) is 2.87. The molecule has 52 valence electrons. The molecular weight excluding hydrogens is 158 g/mol. The van der Waals surface area contributed by atoms with E-state index < -0.39 is 0 Å². The molecule has 0 aromatic carbocycles. The van der Waals surface area contributed by atoms with E-state index in [-0.39, 0.29) is 11.3 Å². The molecule has 9 heavy (non-hydrogen) atoms. The maximum atomic E-state index is 10.5. The molecule has 0 radical (unpaired) electrons. The maximum Gasteiger partial charge on any atom is 0.239 e. The van der Waals surface area contributed by atoms with Crippen LogP contribution in [-0.4, -0.2) is 17.0 Å². The van der Waals surface area contributed by atoms with Gasteiger partial charge in [-0.1, -0.05) is 11.9 Å². The summed E-state index contributed by atoms with van der Waals surface area (Å²) in [5.41, 5.74) is 0. The number of hydrogen-bond acceptors (Lipinski definition) is 3. The van der Waals surface area contributed by atoms with Crippen LogP contribution in [-0.2, 0) is 4.79 Å². The standard InChI is InChI=1S/C5H8ClNOS/c6-5(8)4-2-1-3-9-7-4/h4,7H,1-3H2. The largest absolute Gasteiger partial charge is 0.279 e. The first kappa shape index (κ1) is 7.38. The zero-order valence-electron chi connectivity index (χ0n) is 4.89. The molecule has 1 aliphatic heterocycles. The summed E-state index contributed by atoms with van der Waals surface area (Å²) in [6.07, 6.45) is 1.97. The third kappa shape index (κ3) is 2.16. The second kappa shape index (κ2) is 3.44. The third-order valence-corrected chi connectivity index (χ3v) is 2.45. The molecule has 1 heterocycles. The van der Waals surface area contributed by atoms with Gasteiger partial charge in [-0.2, -0.15) is 0 Å². The van der Waals surface area contributed by atoms with Crippen LogP contribution < -0.4 is 4.72 Å². The van der Waals surface area contributed by atoms with Gasteiger partial charge in [0.15, 0.2) is 0 Å². The molecule has 1 N–H and O–H groups in total. The van der Waals surface area contributed by atoms with Gasteiger partial charge >= 0.3 is 0 Å². The minimum Gasteiger partial charge on any atom is -0.279 e. The second-order valence-electron chi connectivity index (χ2n) is 1.97. The Hall–Kier alpha value is 0.270. The fourth-order valence-electron chi connectivity index (χ4n) is 0.738. The molecule has 0 aromatic rings. The summed E-state index contributed by atoms with van der Waals surface area (Å²) >= 11 is 6.82. The Morgan fingerprint density at radius 1 is 1.78 bits per heavy atom. The van der Waals surface area contributed by atoms with E-state index in [1.54, 1.807) is 11.9 Å². The number of hydrogen-bond donors (Lipinski definition) is 1. The van der Waals surface area contributed by atoms with Crippen LogP contribution in [0, 0.1) is 0 Å². The quantitative estimate of drug-likeness (QED) is 0.467. The number of rotatable bonds is 1. The minimum absolute atomic E-state index is 0.106. The molecule has 1 rings (SSSR count). The van der Waals surface area contributed by atoms with Crippen molar-refractivity contribution in [3.05, 3.63) is 0 Å². The lowest BCUT2D eigenvalue weighted by Gasteiger charge is -2.18. The van der Waals surface area contributed by atoms with Gasteiger partial charge in [-0.15, -0.1) is 0 Å². The van der Waals surface area contributed by atoms with Gasteiger partial charge in [0.2, 0.25) is 5.24 Å². The maximum absolute atomic E-state index is 10.5. The van der Waals surface area contributed by atoms with Gasteiger partial charge in [0, 0.05) is 5.75 Å². The van der Waals surface area contributed by atoms with Crippen LogP contribution in [0.3, 0.4) is 0 Å². The lowest BCUT2D eigenvalue weighted by Crippen LogP contribution is -2.32. The third-order valence-electron chi connectivity index (χ3n) is 1.24. The molecule has 0 amide bonds. The highest BCUT2D eigenvalue weighted by Gasteiger charge is 2.18. The summed E-state index contributed by atoms with van der Waals surface area (Å²) in [4.78, 5) is 10.5. The van der Waals surface area contributed by atoms with Crippen molar-refractivity contribution in [2.24, 2.45) is 0 Å². The van der Waals surface area contributed by atoms with Gasteiger partial charge < -0.3 is 0 Å². The van der Waals surface area contributed by atoms with Crippen LogP contribution in [0.2, 0.25) is 0 Å². The van der Waals surface area contributed by atoms with E-state index >= 15 is 0 Å². The Morgan fingerprint density at radius 2 is 2.56 bits per heavy atom. The smallest absolute Gasteiger partial charge is 0.239 e. The summed E-state index contributed by atoms with van der Waals surface area (Å²) in [5, 5.41) is -0.262. The number of nitrogens with one attached hydrogen (secondary N) is 1. The molecule has 2 nitrogen and oxygen atoms in total. The van der Waals surface area contributed by atoms with E-state index in [9.17, 15) is 4.79 Å². The summed E-state index contributed by atoms with van der Waals surface area (Å²) < 4.78 is 2.95. The summed E-state index contributed by atoms with van der Waals surface area (Å²) in [6.45, 7) is 0. The van der Waals surface area contributed by atoms with Crippen LogP contribution in [0.5, 0.6) is 0 Å². The first-order valence-corrected chi connectivity index (χ1v) is 4.24. The SMILES string of the molecule is O=C(Cl)C1CCCSN1. The lowest BCUT2D eigenvalue weighted by atomic mass is 10.2. The van der Waals surface area contributed by atoms with E-state index in [0.29, 0.717) is 0 Å². The molecule has 0 bridgehead atoms. The van der Waals surface area contributed by atoms with E-state index in [1.807, 2.05) is 0 Å². The molecule has 1 aliphatic rings. The normalized spacial score (nSPS) is 27.9. The Kier molecular flexibility index (Phi) is 2.82. The molecule has 1 fully saturated rings. The Balaban J connectivity index is 2.31. The van der Waals surface area contributed by atoms with Gasteiger partial charge in [-0.25, -0.2) is 0 Å². The van der Waals surface area contributed by atoms with E-state index in [2.05, 4.69) is 4.72 Å². The van der Waals surface area contributed by atoms with Gasteiger partial charge in [0.1, 0.15) is 0 Å². The Morgan fingerprint density at radius 3 is 2.89 bits per heavy atom. The molecule has 0 saturated carbocycles. The molecule has 1 atom stereocenters. The summed E-state index contributed by atoms with van der Waals surface area (Å²) in [6, 6.07) is -0.106. The van der Waals surface area contributed by atoms with Crippen LogP contribution in [0.25, 0.3) is 0 Å². The number of halogens is 1. The highest BCUT2D eigenvalue weighted by Crippen LogP contribution is 2.14. The predicted octanol–water partition coefficient (Wildman–Crippen LogP) is 1.15. The lowest BCUT2D eigenvalue weighted by molar-refractivity contribution is -0.113. The molecule has 4 heteroatoms. The van der Waals surface area contributed by atoms with Crippen molar-refractivity contribution in [3.8, 4) is 0 Å². The molecule has 0 aromatic heterocycles. The van der Waals surface area contributed by atoms with E-state index in [1.165, 1.54) is 0 Å². The number of carbonyl (C=O) groups is 1. The predicted molar refractivity (Wildman–Crippen MR) is 39.5 cm³/mol. The average molecular weight is 166 g/mol. The molecule has 0 aliphatic carbocycles. The Labute approximate surface area is 63.5 Å². The first-order chi connectivity index (χ1) is 4.30. The number of carbonyl (C=O) groups excluding carboxylic acids is 1.